The highest BCUT2D eigenvalue weighted by atomic mass is 35.5. The molecule has 1 aromatic carbocycles. The molecular weight excluding hydrogens is 376 g/mol. The monoisotopic (exact) mass is 398 g/mol. The topological polar surface area (TPSA) is 70.3 Å². The zero-order valence-corrected chi connectivity index (χ0v) is 16.3. The van der Waals surface area contributed by atoms with E-state index >= 15 is 0 Å². The quantitative estimate of drug-likeness (QED) is 0.723. The van der Waals surface area contributed by atoms with Crippen LogP contribution in [0.1, 0.15) is 12.8 Å². The summed E-state index contributed by atoms with van der Waals surface area (Å²) in [6, 6.07) is 8.67. The van der Waals surface area contributed by atoms with Crippen molar-refractivity contribution in [3.05, 3.63) is 41.7 Å². The van der Waals surface area contributed by atoms with Crippen molar-refractivity contribution in [1.82, 2.24) is 20.0 Å². The van der Waals surface area contributed by atoms with E-state index in [1.807, 2.05) is 18.2 Å². The third kappa shape index (κ3) is 3.52. The molecule has 1 N–H and O–H groups in total. The normalized spacial score (nSPS) is 23.0. The summed E-state index contributed by atoms with van der Waals surface area (Å²) >= 11 is 5.84. The second kappa shape index (κ2) is 7.56. The molecule has 5 rings (SSSR count). The van der Waals surface area contributed by atoms with E-state index in [-0.39, 0.29) is 0 Å². The van der Waals surface area contributed by atoms with Gasteiger partial charge < -0.3 is 14.7 Å². The highest BCUT2D eigenvalue weighted by Crippen LogP contribution is 2.31. The highest BCUT2D eigenvalue weighted by molar-refractivity contribution is 6.30. The first-order valence-corrected chi connectivity index (χ1v) is 10.2. The smallest absolute Gasteiger partial charge is 0.222 e. The Hall–Kier alpha value is -2.38. The van der Waals surface area contributed by atoms with Crippen molar-refractivity contribution < 1.29 is 4.52 Å². The number of hydrogen-bond acceptors (Lipinski definition) is 7. The number of nitrogens with zero attached hydrogens (tertiary/aromatic N) is 5. The number of hydrogen-bond donors (Lipinski definition) is 1. The third-order valence-electron chi connectivity index (χ3n) is 5.83. The Labute approximate surface area is 168 Å². The van der Waals surface area contributed by atoms with Crippen LogP contribution in [0.3, 0.4) is 0 Å². The van der Waals surface area contributed by atoms with E-state index in [9.17, 15) is 0 Å². The zero-order valence-electron chi connectivity index (χ0n) is 15.6. The molecule has 0 amide bonds. The fourth-order valence-electron chi connectivity index (χ4n) is 4.36. The highest BCUT2D eigenvalue weighted by Gasteiger charge is 2.34. The maximum absolute atomic E-state index is 5.84. The number of para-hydroxylation sites is 1. The maximum atomic E-state index is 5.84. The van der Waals surface area contributed by atoms with Crippen molar-refractivity contribution in [2.75, 3.05) is 42.9 Å². The molecule has 0 unspecified atom stereocenters. The first kappa shape index (κ1) is 17.7. The Bertz CT molecular complexity index is 945. The molecule has 2 saturated heterocycles. The number of piperidine rings is 1. The number of benzene rings is 1. The van der Waals surface area contributed by atoms with Gasteiger partial charge in [0.05, 0.1) is 22.8 Å². The molecule has 2 aliphatic rings. The Morgan fingerprint density at radius 3 is 2.86 bits per heavy atom. The lowest BCUT2D eigenvalue weighted by atomic mass is 9.91. The van der Waals surface area contributed by atoms with Gasteiger partial charge >= 0.3 is 0 Å². The minimum atomic E-state index is 0.559. The maximum Gasteiger partial charge on any atom is 0.222 e. The molecule has 8 heteroatoms. The summed E-state index contributed by atoms with van der Waals surface area (Å²) in [5.74, 6) is 2.24. The summed E-state index contributed by atoms with van der Waals surface area (Å²) < 4.78 is 5.50. The van der Waals surface area contributed by atoms with Gasteiger partial charge in [0.1, 0.15) is 0 Å². The van der Waals surface area contributed by atoms with Crippen molar-refractivity contribution in [3.63, 3.8) is 0 Å². The molecule has 4 heterocycles. The second-order valence-corrected chi connectivity index (χ2v) is 8.08. The summed E-state index contributed by atoms with van der Waals surface area (Å²) in [6.45, 7) is 5.05. The second-order valence-electron chi connectivity index (χ2n) is 7.65. The fraction of sp³-hybridized carbons (Fsp3) is 0.450. The molecule has 0 saturated carbocycles. The van der Waals surface area contributed by atoms with Gasteiger partial charge in [-0.3, -0.25) is 4.90 Å². The Balaban J connectivity index is 1.19. The van der Waals surface area contributed by atoms with Crippen LogP contribution < -0.4 is 10.2 Å². The minimum absolute atomic E-state index is 0.559. The van der Waals surface area contributed by atoms with Gasteiger partial charge in [-0.1, -0.05) is 28.9 Å². The lowest BCUT2D eigenvalue weighted by molar-refractivity contribution is 0.0994. The van der Waals surface area contributed by atoms with Gasteiger partial charge in [-0.05, 0) is 30.9 Å². The van der Waals surface area contributed by atoms with Crippen molar-refractivity contribution >= 4 is 34.3 Å². The summed E-state index contributed by atoms with van der Waals surface area (Å²) in [4.78, 5) is 13.4. The first-order valence-electron chi connectivity index (χ1n) is 9.81. The predicted octanol–water partition coefficient (Wildman–Crippen LogP) is 3.28. The molecule has 7 nitrogen and oxygen atoms in total. The SMILES string of the molecule is Clc1cnc(NC[C@@H]2CC[C@@H]3CN(c4noc5ccccc45)CCN3C2)nc1. The number of anilines is 2. The largest absolute Gasteiger partial charge is 0.354 e. The van der Waals surface area contributed by atoms with Crippen LogP contribution in [-0.4, -0.2) is 58.8 Å². The molecule has 2 aliphatic heterocycles. The number of nitrogens with one attached hydrogen (secondary N) is 1. The lowest BCUT2D eigenvalue weighted by Gasteiger charge is -2.46. The number of aromatic nitrogens is 3. The van der Waals surface area contributed by atoms with E-state index in [1.54, 1.807) is 12.4 Å². The number of fused-ring (bicyclic) bond motifs is 2. The van der Waals surface area contributed by atoms with E-state index < -0.39 is 0 Å². The van der Waals surface area contributed by atoms with E-state index in [0.717, 1.165) is 49.5 Å². The van der Waals surface area contributed by atoms with Crippen LogP contribution in [0.4, 0.5) is 11.8 Å². The molecule has 2 aromatic heterocycles. The van der Waals surface area contributed by atoms with Crippen LogP contribution in [-0.2, 0) is 0 Å². The van der Waals surface area contributed by atoms with Crippen molar-refractivity contribution in [2.24, 2.45) is 5.92 Å². The average molecular weight is 399 g/mol. The van der Waals surface area contributed by atoms with E-state index in [0.29, 0.717) is 22.9 Å². The molecule has 0 bridgehead atoms. The van der Waals surface area contributed by atoms with Gasteiger partial charge in [-0.15, -0.1) is 0 Å². The molecule has 0 aliphatic carbocycles. The van der Waals surface area contributed by atoms with Gasteiger partial charge in [0, 0.05) is 38.8 Å². The first-order chi connectivity index (χ1) is 13.8. The van der Waals surface area contributed by atoms with E-state index in [4.69, 9.17) is 16.1 Å². The minimum Gasteiger partial charge on any atom is -0.354 e. The summed E-state index contributed by atoms with van der Waals surface area (Å²) in [6.07, 6.45) is 5.65. The number of rotatable bonds is 4. The fourth-order valence-corrected chi connectivity index (χ4v) is 4.45. The molecule has 0 spiro atoms. The Morgan fingerprint density at radius 1 is 1.11 bits per heavy atom. The Morgan fingerprint density at radius 2 is 1.96 bits per heavy atom. The standard InChI is InChI=1S/C20H23ClN6O/c21-15-10-23-20(24-11-15)22-9-14-5-6-16-13-27(8-7-26(16)12-14)19-17-3-1-2-4-18(17)28-25-19/h1-4,10-11,14,16H,5-9,12-13H2,(H,22,23,24)/t14-,16+/m0/s1. The summed E-state index contributed by atoms with van der Waals surface area (Å²) in [5.41, 5.74) is 0.860. The van der Waals surface area contributed by atoms with Gasteiger partial charge in [0.25, 0.3) is 0 Å². The van der Waals surface area contributed by atoms with Crippen LogP contribution in [0.5, 0.6) is 0 Å². The van der Waals surface area contributed by atoms with Crippen LogP contribution >= 0.6 is 11.6 Å². The molecule has 0 radical (unpaired) electrons. The van der Waals surface area contributed by atoms with Crippen molar-refractivity contribution in [1.29, 1.82) is 0 Å². The lowest BCUT2D eigenvalue weighted by Crippen LogP contribution is -2.57. The molecular formula is C20H23ClN6O. The van der Waals surface area contributed by atoms with Gasteiger partial charge in [0.2, 0.25) is 5.95 Å². The summed E-state index contributed by atoms with van der Waals surface area (Å²) in [5, 5.41) is 9.36. The van der Waals surface area contributed by atoms with Crippen LogP contribution in [0.2, 0.25) is 5.02 Å². The average Bonchev–Trinajstić information content (AvgIpc) is 3.17. The van der Waals surface area contributed by atoms with Crippen LogP contribution in [0.15, 0.2) is 41.2 Å². The molecule has 28 heavy (non-hydrogen) atoms. The van der Waals surface area contributed by atoms with E-state index in [2.05, 4.69) is 36.3 Å². The molecule has 2 atom stereocenters. The predicted molar refractivity (Wildman–Crippen MR) is 110 cm³/mol. The summed E-state index contributed by atoms with van der Waals surface area (Å²) in [7, 11) is 0. The van der Waals surface area contributed by atoms with Crippen molar-refractivity contribution in [2.45, 2.75) is 18.9 Å². The van der Waals surface area contributed by atoms with Crippen LogP contribution in [0.25, 0.3) is 11.0 Å². The Kier molecular flexibility index (Phi) is 4.78. The molecule has 2 fully saturated rings. The van der Waals surface area contributed by atoms with E-state index in [1.165, 1.54) is 12.8 Å². The number of halogens is 1. The van der Waals surface area contributed by atoms with Crippen molar-refractivity contribution in [3.8, 4) is 0 Å². The molecule has 3 aromatic rings. The zero-order chi connectivity index (χ0) is 18.9. The number of piperazine rings is 1. The third-order valence-corrected chi connectivity index (χ3v) is 6.03. The van der Waals surface area contributed by atoms with Gasteiger partial charge in [-0.2, -0.15) is 0 Å². The molecule has 146 valence electrons. The van der Waals surface area contributed by atoms with Gasteiger partial charge in [0.15, 0.2) is 11.4 Å². The van der Waals surface area contributed by atoms with Crippen LogP contribution in [0, 0.1) is 5.92 Å². The van der Waals surface area contributed by atoms with Gasteiger partial charge in [-0.25, -0.2) is 9.97 Å².